The molecule has 0 aromatic heterocycles. The van der Waals surface area contributed by atoms with E-state index in [1.54, 1.807) is 0 Å². The molecule has 0 aliphatic rings. The van der Waals surface area contributed by atoms with E-state index in [1.165, 1.54) is 12.8 Å². The summed E-state index contributed by atoms with van der Waals surface area (Å²) in [6, 6.07) is 0. The number of nitrogens with two attached hydrogens (primary N) is 2. The molecule has 86 valence electrons. The molecule has 14 heavy (non-hydrogen) atoms. The first-order valence-corrected chi connectivity index (χ1v) is 3.32. The summed E-state index contributed by atoms with van der Waals surface area (Å²) in [6.45, 7) is 1.65. The van der Waals surface area contributed by atoms with Crippen LogP contribution in [0.5, 0.6) is 0 Å². The van der Waals surface area contributed by atoms with E-state index in [0.717, 1.165) is 25.9 Å². The van der Waals surface area contributed by atoms with Gasteiger partial charge in [0.05, 0.1) is 0 Å². The Morgan fingerprint density at radius 1 is 0.500 bits per heavy atom. The molecule has 0 heterocycles. The summed E-state index contributed by atoms with van der Waals surface area (Å²) in [6.07, 6.45) is 4.79. The molecule has 0 aromatic rings. The van der Waals surface area contributed by atoms with Gasteiger partial charge in [0.1, 0.15) is 0 Å². The van der Waals surface area contributed by atoms with Gasteiger partial charge in [0.2, 0.25) is 0 Å². The maximum absolute atomic E-state index is 5.28. The van der Waals surface area contributed by atoms with E-state index < -0.39 is 0 Å². The SMILES string of the molecule is NCCCCCCN.O.O.O.O.[NaH].[NaH]. The fourth-order valence-corrected chi connectivity index (χ4v) is 0.642. The second kappa shape index (κ2) is 46.4. The molecule has 0 fully saturated rings. The average Bonchev–Trinajstić information content (AvgIpc) is 1.81. The summed E-state index contributed by atoms with van der Waals surface area (Å²) in [5.41, 5.74) is 10.6. The molecule has 0 spiro atoms. The van der Waals surface area contributed by atoms with Gasteiger partial charge < -0.3 is 33.4 Å². The van der Waals surface area contributed by atoms with Gasteiger partial charge in [-0.15, -0.1) is 0 Å². The zero-order valence-electron chi connectivity index (χ0n) is 7.40. The number of hydrogen-bond acceptors (Lipinski definition) is 2. The molecule has 0 rings (SSSR count). The first-order valence-electron chi connectivity index (χ1n) is 3.32. The van der Waals surface area contributed by atoms with Crippen LogP contribution in [0.15, 0.2) is 0 Å². The van der Waals surface area contributed by atoms with Crippen molar-refractivity contribution in [2.75, 3.05) is 13.1 Å². The van der Waals surface area contributed by atoms with Crippen molar-refractivity contribution >= 4 is 59.1 Å². The summed E-state index contributed by atoms with van der Waals surface area (Å²) in [7, 11) is 0. The van der Waals surface area contributed by atoms with Gasteiger partial charge in [-0.25, -0.2) is 0 Å². The monoisotopic (exact) mass is 236 g/mol. The van der Waals surface area contributed by atoms with Crippen molar-refractivity contribution in [2.45, 2.75) is 25.7 Å². The summed E-state index contributed by atoms with van der Waals surface area (Å²) in [4.78, 5) is 0. The van der Waals surface area contributed by atoms with Crippen LogP contribution in [0.3, 0.4) is 0 Å². The molecule has 6 nitrogen and oxygen atoms in total. The minimum absolute atomic E-state index is 0. The van der Waals surface area contributed by atoms with Crippen LogP contribution in [-0.2, 0) is 0 Å². The summed E-state index contributed by atoms with van der Waals surface area (Å²) in [5.74, 6) is 0. The third kappa shape index (κ3) is 49.0. The first-order chi connectivity index (χ1) is 3.91. The van der Waals surface area contributed by atoms with Crippen LogP contribution in [0.25, 0.3) is 0 Å². The molecule has 0 saturated heterocycles. The van der Waals surface area contributed by atoms with Crippen LogP contribution in [0.2, 0.25) is 0 Å². The fourth-order valence-electron chi connectivity index (χ4n) is 0.642. The summed E-state index contributed by atoms with van der Waals surface area (Å²) >= 11 is 0. The molecule has 0 unspecified atom stereocenters. The van der Waals surface area contributed by atoms with E-state index in [0.29, 0.717) is 0 Å². The number of unbranched alkanes of at least 4 members (excludes halogenated alkanes) is 3. The van der Waals surface area contributed by atoms with Gasteiger partial charge >= 0.3 is 59.1 Å². The summed E-state index contributed by atoms with van der Waals surface area (Å²) in [5, 5.41) is 0. The third-order valence-electron chi connectivity index (χ3n) is 1.16. The molecular weight excluding hydrogens is 210 g/mol. The second-order valence-electron chi connectivity index (χ2n) is 1.99. The molecule has 0 saturated carbocycles. The van der Waals surface area contributed by atoms with Crippen molar-refractivity contribution < 1.29 is 21.9 Å². The van der Waals surface area contributed by atoms with E-state index >= 15 is 0 Å². The Morgan fingerprint density at radius 3 is 0.857 bits per heavy atom. The first kappa shape index (κ1) is 44.7. The molecule has 0 aliphatic heterocycles. The normalized spacial score (nSPS) is 5.57. The van der Waals surface area contributed by atoms with Crippen molar-refractivity contribution in [3.05, 3.63) is 0 Å². The summed E-state index contributed by atoms with van der Waals surface area (Å²) < 4.78 is 0. The van der Waals surface area contributed by atoms with Crippen LogP contribution in [0, 0.1) is 0 Å². The zero-order chi connectivity index (χ0) is 6.24. The average molecular weight is 236 g/mol. The molecule has 0 aromatic carbocycles. The molecule has 12 N–H and O–H groups in total. The van der Waals surface area contributed by atoms with Gasteiger partial charge in [-0.05, 0) is 25.9 Å². The Bertz CT molecular complexity index is 50.8. The standard InChI is InChI=1S/C6H16N2.2Na.4H2O.2H/c7-5-3-1-2-4-6-8;;;;;;;;/h1-8H2;;;4*1H2;;. The van der Waals surface area contributed by atoms with E-state index in [-0.39, 0.29) is 81.0 Å². The van der Waals surface area contributed by atoms with Gasteiger partial charge in [-0.1, -0.05) is 12.8 Å². The predicted octanol–water partition coefficient (Wildman–Crippen LogP) is -4.13. The molecule has 0 radical (unpaired) electrons. The Morgan fingerprint density at radius 2 is 0.714 bits per heavy atom. The van der Waals surface area contributed by atoms with Gasteiger partial charge in [0.25, 0.3) is 0 Å². The van der Waals surface area contributed by atoms with E-state index in [1.807, 2.05) is 0 Å². The van der Waals surface area contributed by atoms with E-state index in [4.69, 9.17) is 11.5 Å². The van der Waals surface area contributed by atoms with E-state index in [2.05, 4.69) is 0 Å². The van der Waals surface area contributed by atoms with Crippen LogP contribution in [0.1, 0.15) is 25.7 Å². The number of rotatable bonds is 5. The van der Waals surface area contributed by atoms with Gasteiger partial charge in [0, 0.05) is 0 Å². The third-order valence-corrected chi connectivity index (χ3v) is 1.16. The Hall–Kier alpha value is 1.76. The van der Waals surface area contributed by atoms with Crippen molar-refractivity contribution in [2.24, 2.45) is 11.5 Å². The number of hydrogen-bond donors (Lipinski definition) is 2. The second-order valence-corrected chi connectivity index (χ2v) is 1.99. The van der Waals surface area contributed by atoms with Crippen LogP contribution >= 0.6 is 0 Å². The van der Waals surface area contributed by atoms with Crippen LogP contribution in [-0.4, -0.2) is 94.1 Å². The predicted molar refractivity (Wildman–Crippen MR) is 65.3 cm³/mol. The van der Waals surface area contributed by atoms with Gasteiger partial charge in [0.15, 0.2) is 0 Å². The molecule has 0 bridgehead atoms. The minimum atomic E-state index is 0. The quantitative estimate of drug-likeness (QED) is 0.364. The zero-order valence-corrected chi connectivity index (χ0v) is 7.40. The Balaban J connectivity index is -0.0000000163. The van der Waals surface area contributed by atoms with Crippen molar-refractivity contribution in [3.63, 3.8) is 0 Å². The van der Waals surface area contributed by atoms with E-state index in [9.17, 15) is 0 Å². The Labute approximate surface area is 130 Å². The van der Waals surface area contributed by atoms with Crippen LogP contribution in [0.4, 0.5) is 0 Å². The van der Waals surface area contributed by atoms with Gasteiger partial charge in [-0.3, -0.25) is 0 Å². The molecule has 0 amide bonds. The van der Waals surface area contributed by atoms with Crippen molar-refractivity contribution in [3.8, 4) is 0 Å². The topological polar surface area (TPSA) is 178 Å². The molecule has 0 aliphatic carbocycles. The maximum atomic E-state index is 5.28. The van der Waals surface area contributed by atoms with Crippen molar-refractivity contribution in [1.29, 1.82) is 0 Å². The molecular formula is C6H26N2Na2O4. The molecule has 0 atom stereocenters. The molecule has 8 heteroatoms. The van der Waals surface area contributed by atoms with Gasteiger partial charge in [-0.2, -0.15) is 0 Å². The fraction of sp³-hybridized carbons (Fsp3) is 1.00. The van der Waals surface area contributed by atoms with Crippen LogP contribution < -0.4 is 11.5 Å². The van der Waals surface area contributed by atoms with Crippen molar-refractivity contribution in [1.82, 2.24) is 0 Å². The Kier molecular flexibility index (Phi) is 148.